The molecular weight excluding hydrogens is 228 g/mol. The summed E-state index contributed by atoms with van der Waals surface area (Å²) in [7, 11) is 0. The lowest BCUT2D eigenvalue weighted by Gasteiger charge is -2.15. The molecule has 4 nitrogen and oxygen atoms in total. The molecule has 0 aliphatic heterocycles. The fourth-order valence-electron chi connectivity index (χ4n) is 1.48. The normalized spacial score (nSPS) is 13.5. The van der Waals surface area contributed by atoms with Crippen LogP contribution in [0.15, 0.2) is 30.3 Å². The van der Waals surface area contributed by atoms with Crippen LogP contribution < -0.4 is 10.6 Å². The molecule has 0 saturated carbocycles. The van der Waals surface area contributed by atoms with Gasteiger partial charge in [0.2, 0.25) is 0 Å². The lowest BCUT2D eigenvalue weighted by molar-refractivity contribution is -0.140. The van der Waals surface area contributed by atoms with Crippen LogP contribution in [0.2, 0.25) is 0 Å². The van der Waals surface area contributed by atoms with Crippen LogP contribution in [0.4, 0.5) is 0 Å². The van der Waals surface area contributed by atoms with Crippen LogP contribution in [0.1, 0.15) is 38.8 Å². The quantitative estimate of drug-likeness (QED) is 0.798. The number of carbonyl (C=O) groups is 2. The van der Waals surface area contributed by atoms with Gasteiger partial charge in [-0.25, -0.2) is 0 Å². The van der Waals surface area contributed by atoms with Gasteiger partial charge in [0.15, 0.2) is 0 Å². The smallest absolute Gasteiger partial charge is 0.309 e. The molecule has 0 aliphatic carbocycles. The van der Waals surface area contributed by atoms with Crippen LogP contribution in [0.25, 0.3) is 0 Å². The Labute approximate surface area is 108 Å². The van der Waals surface area contributed by atoms with Crippen LogP contribution in [0.3, 0.4) is 0 Å². The first kappa shape index (κ1) is 14.2. The number of nitrogens with one attached hydrogen (secondary N) is 2. The van der Waals surface area contributed by atoms with Gasteiger partial charge >= 0.3 is 11.8 Å². The lowest BCUT2D eigenvalue weighted by atomic mass is 10.1. The van der Waals surface area contributed by atoms with Gasteiger partial charge in [0.1, 0.15) is 0 Å². The van der Waals surface area contributed by atoms with Crippen molar-refractivity contribution in [2.75, 3.05) is 0 Å². The maximum atomic E-state index is 11.7. The molecule has 98 valence electrons. The zero-order valence-corrected chi connectivity index (χ0v) is 11.1. The summed E-state index contributed by atoms with van der Waals surface area (Å²) in [5.41, 5.74) is 0.974. The standard InChI is InChI=1S/C14H20N2O2/c1-4-10(2)15-13(17)14(18)16-11(3)12-8-6-5-7-9-12/h5-11H,4H2,1-3H3,(H,15,17)(H,16,18). The number of rotatable bonds is 4. The molecule has 0 aromatic heterocycles. The highest BCUT2D eigenvalue weighted by molar-refractivity contribution is 6.35. The van der Waals surface area contributed by atoms with E-state index >= 15 is 0 Å². The van der Waals surface area contributed by atoms with E-state index in [-0.39, 0.29) is 12.1 Å². The van der Waals surface area contributed by atoms with Crippen molar-refractivity contribution in [3.63, 3.8) is 0 Å². The predicted molar refractivity (Wildman–Crippen MR) is 70.9 cm³/mol. The minimum Gasteiger partial charge on any atom is -0.345 e. The topological polar surface area (TPSA) is 58.2 Å². The van der Waals surface area contributed by atoms with Crippen molar-refractivity contribution in [1.82, 2.24) is 10.6 Å². The van der Waals surface area contributed by atoms with Crippen LogP contribution in [0, 0.1) is 0 Å². The van der Waals surface area contributed by atoms with E-state index < -0.39 is 11.8 Å². The maximum absolute atomic E-state index is 11.7. The van der Waals surface area contributed by atoms with E-state index in [0.717, 1.165) is 12.0 Å². The molecule has 0 spiro atoms. The van der Waals surface area contributed by atoms with E-state index in [0.29, 0.717) is 0 Å². The molecule has 0 saturated heterocycles. The highest BCUT2D eigenvalue weighted by atomic mass is 16.2. The lowest BCUT2D eigenvalue weighted by Crippen LogP contribution is -2.44. The Morgan fingerprint density at radius 1 is 1.06 bits per heavy atom. The summed E-state index contributed by atoms with van der Waals surface area (Å²) in [6.45, 7) is 5.67. The molecule has 2 atom stereocenters. The second-order valence-corrected chi connectivity index (χ2v) is 4.39. The van der Waals surface area contributed by atoms with E-state index in [2.05, 4.69) is 10.6 Å². The van der Waals surface area contributed by atoms with Gasteiger partial charge < -0.3 is 10.6 Å². The van der Waals surface area contributed by atoms with Crippen molar-refractivity contribution in [2.45, 2.75) is 39.3 Å². The number of benzene rings is 1. The molecule has 0 aliphatic rings. The fraction of sp³-hybridized carbons (Fsp3) is 0.429. The first-order valence-electron chi connectivity index (χ1n) is 6.21. The fourth-order valence-corrected chi connectivity index (χ4v) is 1.48. The molecule has 4 heteroatoms. The molecule has 2 amide bonds. The van der Waals surface area contributed by atoms with E-state index in [1.165, 1.54) is 0 Å². The minimum atomic E-state index is -0.591. The van der Waals surface area contributed by atoms with Crippen LogP contribution in [-0.2, 0) is 9.59 Å². The SMILES string of the molecule is CCC(C)NC(=O)C(=O)NC(C)c1ccccc1. The Balaban J connectivity index is 2.52. The number of amides is 2. The minimum absolute atomic E-state index is 0.00952. The van der Waals surface area contributed by atoms with Gasteiger partial charge in [-0.1, -0.05) is 37.3 Å². The highest BCUT2D eigenvalue weighted by Crippen LogP contribution is 2.10. The number of hydrogen-bond donors (Lipinski definition) is 2. The summed E-state index contributed by atoms with van der Waals surface area (Å²) in [6.07, 6.45) is 0.799. The second kappa shape index (κ2) is 6.79. The van der Waals surface area contributed by atoms with E-state index in [9.17, 15) is 9.59 Å². The van der Waals surface area contributed by atoms with E-state index in [1.807, 2.05) is 51.1 Å². The van der Waals surface area contributed by atoms with Crippen molar-refractivity contribution in [1.29, 1.82) is 0 Å². The molecule has 0 bridgehead atoms. The summed E-state index contributed by atoms with van der Waals surface area (Å²) >= 11 is 0. The Morgan fingerprint density at radius 3 is 2.17 bits per heavy atom. The average molecular weight is 248 g/mol. The Bertz CT molecular complexity index is 404. The maximum Gasteiger partial charge on any atom is 0.309 e. The average Bonchev–Trinajstić information content (AvgIpc) is 2.39. The van der Waals surface area contributed by atoms with Gasteiger partial charge in [0, 0.05) is 6.04 Å². The van der Waals surface area contributed by atoms with Crippen LogP contribution in [0.5, 0.6) is 0 Å². The van der Waals surface area contributed by atoms with Gasteiger partial charge in [-0.15, -0.1) is 0 Å². The molecule has 2 unspecified atom stereocenters. The van der Waals surface area contributed by atoms with Gasteiger partial charge in [-0.3, -0.25) is 9.59 Å². The van der Waals surface area contributed by atoms with Crippen LogP contribution >= 0.6 is 0 Å². The summed E-state index contributed by atoms with van der Waals surface area (Å²) < 4.78 is 0. The molecule has 1 aromatic carbocycles. The Kier molecular flexibility index (Phi) is 5.36. The van der Waals surface area contributed by atoms with E-state index in [4.69, 9.17) is 0 Å². The van der Waals surface area contributed by atoms with Gasteiger partial charge in [0.05, 0.1) is 6.04 Å². The first-order chi connectivity index (χ1) is 8.54. The summed E-state index contributed by atoms with van der Waals surface area (Å²) in [4.78, 5) is 23.2. The molecule has 0 heterocycles. The Hall–Kier alpha value is -1.84. The van der Waals surface area contributed by atoms with Crippen molar-refractivity contribution in [2.24, 2.45) is 0 Å². The highest BCUT2D eigenvalue weighted by Gasteiger charge is 2.17. The van der Waals surface area contributed by atoms with Gasteiger partial charge in [0.25, 0.3) is 0 Å². The summed E-state index contributed by atoms with van der Waals surface area (Å²) in [5.74, 6) is -1.17. The third-order valence-electron chi connectivity index (χ3n) is 2.84. The van der Waals surface area contributed by atoms with Crippen molar-refractivity contribution >= 4 is 11.8 Å². The largest absolute Gasteiger partial charge is 0.345 e. The van der Waals surface area contributed by atoms with Gasteiger partial charge in [-0.2, -0.15) is 0 Å². The summed E-state index contributed by atoms with van der Waals surface area (Å²) in [5, 5.41) is 5.31. The molecule has 0 radical (unpaired) electrons. The van der Waals surface area contributed by atoms with Crippen molar-refractivity contribution in [3.8, 4) is 0 Å². The molecule has 2 N–H and O–H groups in total. The molecule has 0 fully saturated rings. The molecular formula is C14H20N2O2. The van der Waals surface area contributed by atoms with E-state index in [1.54, 1.807) is 0 Å². The van der Waals surface area contributed by atoms with Crippen LogP contribution in [-0.4, -0.2) is 17.9 Å². The summed E-state index contributed by atoms with van der Waals surface area (Å²) in [6, 6.07) is 9.37. The zero-order valence-electron chi connectivity index (χ0n) is 11.1. The molecule has 1 aromatic rings. The Morgan fingerprint density at radius 2 is 1.61 bits per heavy atom. The monoisotopic (exact) mass is 248 g/mol. The molecule has 1 rings (SSSR count). The zero-order chi connectivity index (χ0) is 13.5. The third kappa shape index (κ3) is 4.20. The third-order valence-corrected chi connectivity index (χ3v) is 2.84. The number of hydrogen-bond acceptors (Lipinski definition) is 2. The first-order valence-corrected chi connectivity index (χ1v) is 6.21. The molecule has 18 heavy (non-hydrogen) atoms. The predicted octanol–water partition coefficient (Wildman–Crippen LogP) is 1.78. The number of carbonyl (C=O) groups excluding carboxylic acids is 2. The van der Waals surface area contributed by atoms with Crippen molar-refractivity contribution in [3.05, 3.63) is 35.9 Å². The van der Waals surface area contributed by atoms with Crippen molar-refractivity contribution < 1.29 is 9.59 Å². The second-order valence-electron chi connectivity index (χ2n) is 4.39. The van der Waals surface area contributed by atoms with Gasteiger partial charge in [-0.05, 0) is 25.8 Å².